The number of thiophene rings is 4. The molecule has 2 nitrogen and oxygen atoms in total. The molecule has 0 radical (unpaired) electrons. The summed E-state index contributed by atoms with van der Waals surface area (Å²) in [5.41, 5.74) is 4.88. The third-order valence-electron chi connectivity index (χ3n) is 20.6. The van der Waals surface area contributed by atoms with Gasteiger partial charge in [-0.25, -0.2) is 0 Å². The van der Waals surface area contributed by atoms with Crippen molar-refractivity contribution >= 4 is 97.8 Å². The molecule has 0 saturated heterocycles. The van der Waals surface area contributed by atoms with Crippen molar-refractivity contribution in [3.05, 3.63) is 114 Å². The van der Waals surface area contributed by atoms with E-state index in [1.54, 1.807) is 22.7 Å². The molecule has 6 heteroatoms. The molecule has 0 saturated carbocycles. The second kappa shape index (κ2) is 37.8. The van der Waals surface area contributed by atoms with Crippen LogP contribution >= 0.6 is 45.3 Å². The van der Waals surface area contributed by atoms with Crippen LogP contribution in [0.4, 0.5) is 0 Å². The molecule has 0 aliphatic carbocycles. The minimum absolute atomic E-state index is 0.170. The predicted octanol–water partition coefficient (Wildman–Crippen LogP) is 28.9. The first-order chi connectivity index (χ1) is 44.2. The van der Waals surface area contributed by atoms with Gasteiger partial charge < -0.3 is 0 Å². The van der Waals surface area contributed by atoms with E-state index in [-0.39, 0.29) is 10.9 Å². The Morgan fingerprint density at radius 2 is 0.622 bits per heavy atom. The van der Waals surface area contributed by atoms with Crippen molar-refractivity contribution in [1.29, 1.82) is 0 Å². The Kier molecular flexibility index (Phi) is 29.6. The Labute approximate surface area is 561 Å². The van der Waals surface area contributed by atoms with Crippen LogP contribution in [0, 0.1) is 25.7 Å². The standard InChI is InChI=1S/C84H116O2S4/c1-7-11-15-19-23-27-29-33-37-41-45-63(43-39-35-31-25-21-17-13-9-3)52-69-71-54-65-56-75(77-48-47-61(5)87-77)83(85)67(65)58-73(71)70(53-64(44-40-36-32-26-22-18-14-10-4)46-42-38-34-30-28-24-20-16-12-8-2)72-55-66-57-76(84(86)68(66)59-74(69)72)78-49-50-79(89-78)81-60-82-80(90-81)51-62(6)88-82/h47-51,54-60,63-64H,7-46,52-53H2,1-6H3. The smallest absolute Gasteiger partial charge is 0.195 e. The summed E-state index contributed by atoms with van der Waals surface area (Å²) in [6.07, 6.45) is 55.5. The van der Waals surface area contributed by atoms with Crippen molar-refractivity contribution in [3.8, 4) is 30.6 Å². The molecule has 0 N–H and O–H groups in total. The van der Waals surface area contributed by atoms with Gasteiger partial charge in [-0.3, -0.25) is 9.59 Å². The summed E-state index contributed by atoms with van der Waals surface area (Å²) in [6, 6.07) is 27.7. The lowest BCUT2D eigenvalue weighted by atomic mass is 9.80. The minimum atomic E-state index is 0.170. The van der Waals surface area contributed by atoms with Gasteiger partial charge in [0.25, 0.3) is 0 Å². The van der Waals surface area contributed by atoms with Crippen LogP contribution in [0.3, 0.4) is 0 Å². The van der Waals surface area contributed by atoms with Gasteiger partial charge in [0.05, 0.1) is 0 Å². The van der Waals surface area contributed by atoms with Gasteiger partial charge in [-0.15, -0.1) is 45.3 Å². The van der Waals surface area contributed by atoms with Crippen molar-refractivity contribution in [3.63, 3.8) is 0 Å². The summed E-state index contributed by atoms with van der Waals surface area (Å²) in [6.45, 7) is 13.6. The Hall–Kier alpha value is -3.94. The van der Waals surface area contributed by atoms with Gasteiger partial charge in [0.15, 0.2) is 10.9 Å². The maximum Gasteiger partial charge on any atom is 0.195 e. The first kappa shape index (κ1) is 70.4. The Morgan fingerprint density at radius 1 is 0.289 bits per heavy atom. The van der Waals surface area contributed by atoms with Crippen LogP contribution in [-0.2, 0) is 12.8 Å². The highest BCUT2D eigenvalue weighted by Gasteiger charge is 2.25. The number of fused-ring (bicyclic) bond motifs is 5. The van der Waals surface area contributed by atoms with Gasteiger partial charge in [-0.05, 0) is 155 Å². The molecule has 0 aliphatic rings. The van der Waals surface area contributed by atoms with Gasteiger partial charge in [-0.2, -0.15) is 0 Å². The van der Waals surface area contributed by atoms with Crippen LogP contribution in [0.15, 0.2) is 82.4 Å². The zero-order chi connectivity index (χ0) is 62.9. The fourth-order valence-electron chi connectivity index (χ4n) is 15.2. The SMILES string of the molecule is CCCCCCCCCCCCC(CCCCCCCCCC)Cc1c2cc3cc(-c4ccc(-c5cc6sc(C)cc6s5)s4)c(=O)c3cc2c(CC(CCCCCCCCCC)CCCCCCCCCCCC)c2cc3cc(-c4ccc(C)s4)c(=O)c3cc12. The second-order valence-electron chi connectivity index (χ2n) is 28.1. The lowest BCUT2D eigenvalue weighted by molar-refractivity contribution is 0.400. The van der Waals surface area contributed by atoms with Crippen molar-refractivity contribution in [2.75, 3.05) is 0 Å². The van der Waals surface area contributed by atoms with Crippen molar-refractivity contribution in [2.24, 2.45) is 11.8 Å². The highest BCUT2D eigenvalue weighted by Crippen LogP contribution is 2.45. The van der Waals surface area contributed by atoms with Crippen molar-refractivity contribution in [2.45, 2.75) is 311 Å². The summed E-state index contributed by atoms with van der Waals surface area (Å²) < 4.78 is 2.71. The zero-order valence-corrected chi connectivity index (χ0v) is 60.5. The molecule has 4 heterocycles. The van der Waals surface area contributed by atoms with E-state index in [4.69, 9.17) is 0 Å². The molecule has 2 atom stereocenters. The van der Waals surface area contributed by atoms with E-state index >= 15 is 9.59 Å². The van der Waals surface area contributed by atoms with E-state index < -0.39 is 0 Å². The number of rotatable bonds is 47. The number of benzene rings is 3. The van der Waals surface area contributed by atoms with E-state index in [0.717, 1.165) is 55.3 Å². The quantitative estimate of drug-likeness (QED) is 0.0281. The number of hydrogen-bond donors (Lipinski definition) is 0. The normalized spacial score (nSPS) is 12.9. The molecule has 90 heavy (non-hydrogen) atoms. The van der Waals surface area contributed by atoms with Crippen molar-refractivity contribution < 1.29 is 0 Å². The molecule has 0 aliphatic heterocycles. The Morgan fingerprint density at radius 3 is 0.989 bits per heavy atom. The van der Waals surface area contributed by atoms with Crippen LogP contribution in [0.1, 0.15) is 305 Å². The van der Waals surface area contributed by atoms with Gasteiger partial charge in [0.2, 0.25) is 0 Å². The average molecular weight is 1290 g/mol. The third-order valence-corrected chi connectivity index (χ3v) is 25.1. The van der Waals surface area contributed by atoms with Crippen LogP contribution in [0.25, 0.3) is 83.1 Å². The molecule has 488 valence electrons. The number of unbranched alkanes of at least 4 members (excludes halogenated alkanes) is 32. The molecular weight excluding hydrogens is 1170 g/mol. The van der Waals surface area contributed by atoms with Crippen molar-refractivity contribution in [1.82, 2.24) is 0 Å². The molecule has 9 rings (SSSR count). The maximum absolute atomic E-state index is 15.4. The third kappa shape index (κ3) is 20.1. The summed E-state index contributed by atoms with van der Waals surface area (Å²) in [5, 5.41) is 9.17. The van der Waals surface area contributed by atoms with E-state index in [1.165, 1.54) is 318 Å². The van der Waals surface area contributed by atoms with Crippen LogP contribution < -0.4 is 10.9 Å². The Balaban J connectivity index is 1.13. The van der Waals surface area contributed by atoms with Crippen LogP contribution in [0.5, 0.6) is 0 Å². The van der Waals surface area contributed by atoms with E-state index in [1.807, 2.05) is 22.7 Å². The lowest BCUT2D eigenvalue weighted by Gasteiger charge is -2.24. The van der Waals surface area contributed by atoms with E-state index in [0.29, 0.717) is 11.8 Å². The van der Waals surface area contributed by atoms with E-state index in [9.17, 15) is 0 Å². The summed E-state index contributed by atoms with van der Waals surface area (Å²) in [7, 11) is 0. The molecule has 2 unspecified atom stereocenters. The number of hydrogen-bond acceptors (Lipinski definition) is 6. The predicted molar refractivity (Wildman–Crippen MR) is 408 cm³/mol. The molecule has 0 amide bonds. The first-order valence-electron chi connectivity index (χ1n) is 37.5. The minimum Gasteiger partial charge on any atom is -0.289 e. The maximum atomic E-state index is 15.4. The zero-order valence-electron chi connectivity index (χ0n) is 57.2. The highest BCUT2D eigenvalue weighted by molar-refractivity contribution is 7.31. The highest BCUT2D eigenvalue weighted by atomic mass is 32.1. The summed E-state index contributed by atoms with van der Waals surface area (Å²) in [5.74, 6) is 1.10. The number of aryl methyl sites for hydroxylation is 2. The summed E-state index contributed by atoms with van der Waals surface area (Å²) in [4.78, 5) is 37.7. The molecule has 0 fully saturated rings. The monoisotopic (exact) mass is 1280 g/mol. The molecule has 9 aromatic rings. The first-order valence-corrected chi connectivity index (χ1v) is 40.7. The van der Waals surface area contributed by atoms with Gasteiger partial charge in [0, 0.05) is 60.6 Å². The van der Waals surface area contributed by atoms with Gasteiger partial charge >= 0.3 is 0 Å². The largest absolute Gasteiger partial charge is 0.289 e. The Bertz CT molecular complexity index is 3560. The molecular formula is C84H116O2S4. The fraction of sp³-hybridized carbons (Fsp3) is 0.595. The molecule has 4 aromatic heterocycles. The van der Waals surface area contributed by atoms with Crippen LogP contribution in [0.2, 0.25) is 0 Å². The average Bonchev–Trinajstić information content (AvgIpc) is 1.40. The molecule has 0 bridgehead atoms. The van der Waals surface area contributed by atoms with E-state index in [2.05, 4.69) is 114 Å². The lowest BCUT2D eigenvalue weighted by Crippen LogP contribution is -2.10. The van der Waals surface area contributed by atoms with Gasteiger partial charge in [-0.1, -0.05) is 285 Å². The molecule has 0 spiro atoms. The second-order valence-corrected chi connectivity index (χ2v) is 32.8. The topological polar surface area (TPSA) is 34.1 Å². The molecule has 5 aromatic carbocycles. The van der Waals surface area contributed by atoms with Crippen LogP contribution in [-0.4, -0.2) is 0 Å². The van der Waals surface area contributed by atoms with Gasteiger partial charge in [0.1, 0.15) is 0 Å². The summed E-state index contributed by atoms with van der Waals surface area (Å²) >= 11 is 7.27. The fourth-order valence-corrected chi connectivity index (χ4v) is 19.5.